The third kappa shape index (κ3) is 1.36. The van der Waals surface area contributed by atoms with Crippen LogP contribution in [0.1, 0.15) is 17.9 Å². The Hall–Kier alpha value is -0.860. The predicted molar refractivity (Wildman–Crippen MR) is 52.4 cm³/mol. The van der Waals surface area contributed by atoms with E-state index in [-0.39, 0.29) is 12.0 Å². The SMILES string of the molecule is NC[C@@]1(CO)C[C@H]1c1ccccc1. The van der Waals surface area contributed by atoms with Gasteiger partial charge in [-0.15, -0.1) is 0 Å². The van der Waals surface area contributed by atoms with Crippen molar-refractivity contribution in [3.63, 3.8) is 0 Å². The van der Waals surface area contributed by atoms with Crippen LogP contribution in [-0.2, 0) is 0 Å². The van der Waals surface area contributed by atoms with Gasteiger partial charge in [-0.3, -0.25) is 0 Å². The number of hydrogen-bond acceptors (Lipinski definition) is 2. The third-order valence-corrected chi connectivity index (χ3v) is 3.11. The van der Waals surface area contributed by atoms with Crippen molar-refractivity contribution in [3.05, 3.63) is 35.9 Å². The van der Waals surface area contributed by atoms with E-state index in [1.807, 2.05) is 18.2 Å². The first kappa shape index (κ1) is 8.73. The highest BCUT2D eigenvalue weighted by Crippen LogP contribution is 2.58. The Labute approximate surface area is 78.4 Å². The van der Waals surface area contributed by atoms with Crippen LogP contribution in [-0.4, -0.2) is 18.3 Å². The molecule has 2 atom stereocenters. The summed E-state index contributed by atoms with van der Waals surface area (Å²) in [5.74, 6) is 0.476. The molecule has 1 aliphatic carbocycles. The summed E-state index contributed by atoms with van der Waals surface area (Å²) in [5.41, 5.74) is 6.94. The molecule has 2 nitrogen and oxygen atoms in total. The molecular formula is C11H15NO. The summed E-state index contributed by atoms with van der Waals surface area (Å²) in [6.07, 6.45) is 1.03. The van der Waals surface area contributed by atoms with Crippen LogP contribution in [0.4, 0.5) is 0 Å². The van der Waals surface area contributed by atoms with Crippen LogP contribution in [0.2, 0.25) is 0 Å². The molecular weight excluding hydrogens is 162 g/mol. The second kappa shape index (κ2) is 3.13. The van der Waals surface area contributed by atoms with Gasteiger partial charge in [-0.05, 0) is 17.9 Å². The second-order valence-corrected chi connectivity index (χ2v) is 3.89. The Morgan fingerprint density at radius 3 is 2.54 bits per heavy atom. The zero-order valence-electron chi connectivity index (χ0n) is 7.61. The molecule has 1 aromatic carbocycles. The minimum Gasteiger partial charge on any atom is -0.396 e. The Morgan fingerprint density at radius 2 is 2.08 bits per heavy atom. The highest BCUT2D eigenvalue weighted by atomic mass is 16.3. The largest absolute Gasteiger partial charge is 0.396 e. The van der Waals surface area contributed by atoms with Gasteiger partial charge in [0.1, 0.15) is 0 Å². The summed E-state index contributed by atoms with van der Waals surface area (Å²) in [6.45, 7) is 0.798. The Morgan fingerprint density at radius 1 is 1.38 bits per heavy atom. The maximum atomic E-state index is 9.21. The minimum atomic E-state index is -0.0125. The van der Waals surface area contributed by atoms with Gasteiger partial charge in [0.05, 0.1) is 6.61 Å². The van der Waals surface area contributed by atoms with E-state index in [0.29, 0.717) is 12.5 Å². The predicted octanol–water partition coefficient (Wildman–Crippen LogP) is 1.11. The molecule has 13 heavy (non-hydrogen) atoms. The fourth-order valence-corrected chi connectivity index (χ4v) is 1.97. The van der Waals surface area contributed by atoms with Crippen LogP contribution in [0.5, 0.6) is 0 Å². The Balaban J connectivity index is 2.15. The molecule has 2 rings (SSSR count). The summed E-state index contributed by atoms with van der Waals surface area (Å²) >= 11 is 0. The zero-order valence-corrected chi connectivity index (χ0v) is 7.61. The molecule has 1 aliphatic rings. The zero-order chi connectivity index (χ0) is 9.31. The summed E-state index contributed by atoms with van der Waals surface area (Å²) in [6, 6.07) is 10.3. The molecule has 0 aromatic heterocycles. The van der Waals surface area contributed by atoms with Crippen molar-refractivity contribution in [3.8, 4) is 0 Å². The molecule has 1 fully saturated rings. The van der Waals surface area contributed by atoms with Gasteiger partial charge in [-0.1, -0.05) is 30.3 Å². The first-order chi connectivity index (χ1) is 6.32. The van der Waals surface area contributed by atoms with Crippen molar-refractivity contribution in [1.29, 1.82) is 0 Å². The van der Waals surface area contributed by atoms with Crippen LogP contribution < -0.4 is 5.73 Å². The van der Waals surface area contributed by atoms with Crippen LogP contribution in [0, 0.1) is 5.41 Å². The van der Waals surface area contributed by atoms with Gasteiger partial charge in [0.2, 0.25) is 0 Å². The van der Waals surface area contributed by atoms with E-state index in [4.69, 9.17) is 5.73 Å². The van der Waals surface area contributed by atoms with Crippen molar-refractivity contribution in [1.82, 2.24) is 0 Å². The number of nitrogens with two attached hydrogens (primary N) is 1. The lowest BCUT2D eigenvalue weighted by Gasteiger charge is -2.10. The number of aliphatic hydroxyl groups is 1. The van der Waals surface area contributed by atoms with Gasteiger partial charge in [-0.25, -0.2) is 0 Å². The molecule has 0 unspecified atom stereocenters. The quantitative estimate of drug-likeness (QED) is 0.726. The Bertz CT molecular complexity index is 279. The number of rotatable bonds is 3. The minimum absolute atomic E-state index is 0.0125. The van der Waals surface area contributed by atoms with E-state index < -0.39 is 0 Å². The fraction of sp³-hybridized carbons (Fsp3) is 0.455. The number of hydrogen-bond donors (Lipinski definition) is 2. The highest BCUT2D eigenvalue weighted by Gasteiger charge is 2.53. The van der Waals surface area contributed by atoms with Crippen molar-refractivity contribution in [2.75, 3.05) is 13.2 Å². The van der Waals surface area contributed by atoms with Gasteiger partial charge in [0, 0.05) is 12.0 Å². The van der Waals surface area contributed by atoms with Gasteiger partial charge in [0.15, 0.2) is 0 Å². The number of aliphatic hydroxyl groups excluding tert-OH is 1. The smallest absolute Gasteiger partial charge is 0.0505 e. The van der Waals surface area contributed by atoms with Crippen LogP contribution in [0.15, 0.2) is 30.3 Å². The van der Waals surface area contributed by atoms with Crippen molar-refractivity contribution in [2.24, 2.45) is 11.1 Å². The van der Waals surface area contributed by atoms with Crippen molar-refractivity contribution >= 4 is 0 Å². The van der Waals surface area contributed by atoms with Crippen LogP contribution in [0.25, 0.3) is 0 Å². The van der Waals surface area contributed by atoms with E-state index in [0.717, 1.165) is 6.42 Å². The van der Waals surface area contributed by atoms with Crippen LogP contribution in [0.3, 0.4) is 0 Å². The average Bonchev–Trinajstić information content (AvgIpc) is 2.95. The maximum Gasteiger partial charge on any atom is 0.0505 e. The molecule has 0 radical (unpaired) electrons. The van der Waals surface area contributed by atoms with Gasteiger partial charge >= 0.3 is 0 Å². The standard InChI is InChI=1S/C11H15NO/c12-7-11(8-13)6-10(11)9-4-2-1-3-5-9/h1-5,10,13H,6-8,12H2/t10-,11+/m0/s1. The van der Waals surface area contributed by atoms with Gasteiger partial charge < -0.3 is 10.8 Å². The summed E-state index contributed by atoms with van der Waals surface area (Å²) in [5, 5.41) is 9.21. The first-order valence-corrected chi connectivity index (χ1v) is 4.68. The molecule has 3 N–H and O–H groups in total. The summed E-state index contributed by atoms with van der Waals surface area (Å²) in [4.78, 5) is 0. The van der Waals surface area contributed by atoms with E-state index in [1.54, 1.807) is 0 Å². The fourth-order valence-electron chi connectivity index (χ4n) is 1.97. The number of benzene rings is 1. The lowest BCUT2D eigenvalue weighted by Crippen LogP contribution is -2.21. The topological polar surface area (TPSA) is 46.2 Å². The monoisotopic (exact) mass is 177 g/mol. The summed E-state index contributed by atoms with van der Waals surface area (Å²) in [7, 11) is 0. The Kier molecular flexibility index (Phi) is 2.10. The molecule has 0 amide bonds. The van der Waals surface area contributed by atoms with Crippen molar-refractivity contribution < 1.29 is 5.11 Å². The molecule has 2 heteroatoms. The molecule has 1 aromatic rings. The molecule has 70 valence electrons. The summed E-state index contributed by atoms with van der Waals surface area (Å²) < 4.78 is 0. The van der Waals surface area contributed by atoms with Crippen LogP contribution >= 0.6 is 0 Å². The van der Waals surface area contributed by atoms with Crippen molar-refractivity contribution in [2.45, 2.75) is 12.3 Å². The average molecular weight is 177 g/mol. The molecule has 0 spiro atoms. The van der Waals surface area contributed by atoms with Gasteiger partial charge in [0.25, 0.3) is 0 Å². The van der Waals surface area contributed by atoms with E-state index in [2.05, 4.69) is 12.1 Å². The van der Waals surface area contributed by atoms with E-state index in [1.165, 1.54) is 5.56 Å². The lowest BCUT2D eigenvalue weighted by atomic mass is 10.0. The first-order valence-electron chi connectivity index (χ1n) is 4.68. The molecule has 0 heterocycles. The second-order valence-electron chi connectivity index (χ2n) is 3.89. The molecule has 0 saturated heterocycles. The normalized spacial score (nSPS) is 31.7. The third-order valence-electron chi connectivity index (χ3n) is 3.11. The van der Waals surface area contributed by atoms with E-state index >= 15 is 0 Å². The molecule has 0 aliphatic heterocycles. The molecule has 1 saturated carbocycles. The lowest BCUT2D eigenvalue weighted by molar-refractivity contribution is 0.211. The molecule has 0 bridgehead atoms. The van der Waals surface area contributed by atoms with Gasteiger partial charge in [-0.2, -0.15) is 0 Å². The highest BCUT2D eigenvalue weighted by molar-refractivity contribution is 5.30. The maximum absolute atomic E-state index is 9.21. The van der Waals surface area contributed by atoms with E-state index in [9.17, 15) is 5.11 Å².